The van der Waals surface area contributed by atoms with E-state index in [0.29, 0.717) is 0 Å². The van der Waals surface area contributed by atoms with Crippen molar-refractivity contribution in [2.75, 3.05) is 6.67 Å². The van der Waals surface area contributed by atoms with Gasteiger partial charge >= 0.3 is 0 Å². The molecule has 0 saturated heterocycles. The van der Waals surface area contributed by atoms with E-state index in [9.17, 15) is 4.39 Å². The van der Waals surface area contributed by atoms with E-state index in [2.05, 4.69) is 23.7 Å². The zero-order valence-corrected chi connectivity index (χ0v) is 4.09. The Labute approximate surface area is 42.7 Å². The first kappa shape index (κ1) is 6.05. The van der Waals surface area contributed by atoms with Gasteiger partial charge in [0.1, 0.15) is 0 Å². The highest BCUT2D eigenvalue weighted by Crippen LogP contribution is 1.57. The van der Waals surface area contributed by atoms with Gasteiger partial charge < -0.3 is 0 Å². The summed E-state index contributed by atoms with van der Waals surface area (Å²) in [5, 5.41) is 0. The van der Waals surface area contributed by atoms with Gasteiger partial charge in [-0.3, -0.25) is 0 Å². The second kappa shape index (κ2) is 5.05. The van der Waals surface area contributed by atoms with Gasteiger partial charge in [-0.05, 0) is 18.8 Å². The molecule has 0 aliphatic carbocycles. The summed E-state index contributed by atoms with van der Waals surface area (Å²) in [7, 11) is 0. The van der Waals surface area contributed by atoms with Crippen molar-refractivity contribution in [1.29, 1.82) is 0 Å². The van der Waals surface area contributed by atoms with Crippen LogP contribution in [0.3, 0.4) is 0 Å². The van der Waals surface area contributed by atoms with Crippen LogP contribution in [0, 0.1) is 23.7 Å². The molecule has 0 aromatic carbocycles. The summed E-state index contributed by atoms with van der Waals surface area (Å²) in [5.41, 5.74) is 0. The monoisotopic (exact) mass is 96.0 g/mol. The van der Waals surface area contributed by atoms with Crippen molar-refractivity contribution >= 4 is 0 Å². The number of halogens is 1. The van der Waals surface area contributed by atoms with Gasteiger partial charge in [-0.1, -0.05) is 11.8 Å². The Morgan fingerprint density at radius 2 is 2.14 bits per heavy atom. The molecular weight excluding hydrogens is 91.1 g/mol. The van der Waals surface area contributed by atoms with Gasteiger partial charge in [-0.25, -0.2) is 4.39 Å². The van der Waals surface area contributed by atoms with Gasteiger partial charge in [0.25, 0.3) is 0 Å². The highest BCUT2D eigenvalue weighted by Gasteiger charge is 1.56. The topological polar surface area (TPSA) is 0 Å². The number of alkyl halides is 1. The standard InChI is InChI=1S/C6H5F/c1-2-3-4-5-6-7/h6H2,1H3. The van der Waals surface area contributed by atoms with Crippen LogP contribution in [-0.2, 0) is 0 Å². The first-order valence-electron chi connectivity index (χ1n) is 1.87. The Kier molecular flexibility index (Phi) is 4.36. The fourth-order valence-corrected chi connectivity index (χ4v) is 0.140. The summed E-state index contributed by atoms with van der Waals surface area (Å²) >= 11 is 0. The second-order valence-corrected chi connectivity index (χ2v) is 0.810. The zero-order chi connectivity index (χ0) is 5.54. The lowest BCUT2D eigenvalue weighted by Crippen LogP contribution is -1.58. The summed E-state index contributed by atoms with van der Waals surface area (Å²) in [6.45, 7) is 1.06. The molecule has 0 atom stereocenters. The minimum atomic E-state index is -0.602. The molecule has 0 nitrogen and oxygen atoms in total. The van der Waals surface area contributed by atoms with Crippen LogP contribution >= 0.6 is 0 Å². The maximum absolute atomic E-state index is 11.1. The van der Waals surface area contributed by atoms with Crippen LogP contribution in [0.1, 0.15) is 6.92 Å². The van der Waals surface area contributed by atoms with E-state index < -0.39 is 6.67 Å². The number of hydrogen-bond acceptors (Lipinski definition) is 0. The molecule has 0 aliphatic heterocycles. The Hall–Kier alpha value is -0.950. The average Bonchev–Trinajstić information content (AvgIpc) is 1.69. The lowest BCUT2D eigenvalue weighted by atomic mass is 10.6. The van der Waals surface area contributed by atoms with Crippen LogP contribution in [0.4, 0.5) is 4.39 Å². The Morgan fingerprint density at radius 3 is 2.57 bits per heavy atom. The molecule has 0 unspecified atom stereocenters. The molecule has 36 valence electrons. The van der Waals surface area contributed by atoms with E-state index in [0.717, 1.165) is 0 Å². The van der Waals surface area contributed by atoms with Crippen LogP contribution in [0.15, 0.2) is 0 Å². The smallest absolute Gasteiger partial charge is 0.151 e. The first-order chi connectivity index (χ1) is 3.41. The lowest BCUT2D eigenvalue weighted by Gasteiger charge is -1.57. The van der Waals surface area contributed by atoms with E-state index in [4.69, 9.17) is 0 Å². The molecule has 0 aromatic rings. The van der Waals surface area contributed by atoms with Crippen molar-refractivity contribution in [2.24, 2.45) is 0 Å². The van der Waals surface area contributed by atoms with E-state index in [1.807, 2.05) is 0 Å². The van der Waals surface area contributed by atoms with Crippen LogP contribution in [0.5, 0.6) is 0 Å². The van der Waals surface area contributed by atoms with Gasteiger partial charge in [0, 0.05) is 0 Å². The molecule has 7 heavy (non-hydrogen) atoms. The zero-order valence-electron chi connectivity index (χ0n) is 4.09. The van der Waals surface area contributed by atoms with E-state index >= 15 is 0 Å². The first-order valence-corrected chi connectivity index (χ1v) is 1.87. The number of rotatable bonds is 0. The summed E-state index contributed by atoms with van der Waals surface area (Å²) < 4.78 is 11.1. The third kappa shape index (κ3) is 5.05. The minimum Gasteiger partial charge on any atom is -0.237 e. The van der Waals surface area contributed by atoms with Gasteiger partial charge in [0.05, 0.1) is 0 Å². The molecular formula is C6H5F. The van der Waals surface area contributed by atoms with Crippen molar-refractivity contribution < 1.29 is 4.39 Å². The summed E-state index contributed by atoms with van der Waals surface area (Å²) in [6.07, 6.45) is 0. The molecule has 0 fully saturated rings. The molecule has 1 heteroatoms. The van der Waals surface area contributed by atoms with Crippen molar-refractivity contribution in [1.82, 2.24) is 0 Å². The molecule has 0 amide bonds. The van der Waals surface area contributed by atoms with E-state index in [1.54, 1.807) is 6.92 Å². The van der Waals surface area contributed by atoms with Gasteiger partial charge in [-0.15, -0.1) is 0 Å². The second-order valence-electron chi connectivity index (χ2n) is 0.810. The molecule has 0 radical (unpaired) electrons. The highest BCUT2D eigenvalue weighted by molar-refractivity contribution is 5.24. The highest BCUT2D eigenvalue weighted by atomic mass is 19.1. The third-order valence-electron chi connectivity index (χ3n) is 0.343. The largest absolute Gasteiger partial charge is 0.237 e. The SMILES string of the molecule is CC#CC#CCF. The summed E-state index contributed by atoms with van der Waals surface area (Å²) in [6, 6.07) is 0. The minimum absolute atomic E-state index is 0.602. The Morgan fingerprint density at radius 1 is 1.43 bits per heavy atom. The molecule has 0 heterocycles. The fraction of sp³-hybridized carbons (Fsp3) is 0.333. The quantitative estimate of drug-likeness (QED) is 0.394. The van der Waals surface area contributed by atoms with Crippen molar-refractivity contribution in [3.8, 4) is 23.7 Å². The summed E-state index contributed by atoms with van der Waals surface area (Å²) in [5.74, 6) is 9.37. The van der Waals surface area contributed by atoms with Crippen LogP contribution < -0.4 is 0 Å². The third-order valence-corrected chi connectivity index (χ3v) is 0.343. The van der Waals surface area contributed by atoms with E-state index in [-0.39, 0.29) is 0 Å². The van der Waals surface area contributed by atoms with Gasteiger partial charge in [0.15, 0.2) is 6.67 Å². The molecule has 0 saturated carbocycles. The molecule has 0 bridgehead atoms. The predicted molar refractivity (Wildman–Crippen MR) is 27.2 cm³/mol. The lowest BCUT2D eigenvalue weighted by molar-refractivity contribution is 0.573. The van der Waals surface area contributed by atoms with Crippen LogP contribution in [-0.4, -0.2) is 6.67 Å². The number of hydrogen-bond donors (Lipinski definition) is 0. The van der Waals surface area contributed by atoms with Crippen molar-refractivity contribution in [2.45, 2.75) is 6.92 Å². The Balaban J connectivity index is 3.39. The molecule has 0 rings (SSSR count). The summed E-state index contributed by atoms with van der Waals surface area (Å²) in [4.78, 5) is 0. The Bertz CT molecular complexity index is 137. The van der Waals surface area contributed by atoms with Crippen LogP contribution in [0.25, 0.3) is 0 Å². The molecule has 0 spiro atoms. The van der Waals surface area contributed by atoms with Crippen molar-refractivity contribution in [3.05, 3.63) is 0 Å². The van der Waals surface area contributed by atoms with E-state index in [1.165, 1.54) is 0 Å². The fourth-order valence-electron chi connectivity index (χ4n) is 0.140. The average molecular weight is 96.1 g/mol. The molecule has 0 N–H and O–H groups in total. The maximum atomic E-state index is 11.1. The van der Waals surface area contributed by atoms with Crippen LogP contribution in [0.2, 0.25) is 0 Å². The normalized spacial score (nSPS) is 4.86. The van der Waals surface area contributed by atoms with Gasteiger partial charge in [-0.2, -0.15) is 0 Å². The maximum Gasteiger partial charge on any atom is 0.151 e. The van der Waals surface area contributed by atoms with Gasteiger partial charge in [0.2, 0.25) is 0 Å². The van der Waals surface area contributed by atoms with Crippen molar-refractivity contribution in [3.63, 3.8) is 0 Å². The molecule has 0 aliphatic rings. The predicted octanol–water partition coefficient (Wildman–Crippen LogP) is 0.983. The molecule has 0 aromatic heterocycles.